The number of rotatable bonds is 5. The molecule has 1 amide bonds. The maximum atomic E-state index is 12.6. The van der Waals surface area contributed by atoms with Gasteiger partial charge in [0.25, 0.3) is 0 Å². The van der Waals surface area contributed by atoms with Gasteiger partial charge in [-0.05, 0) is 56.8 Å². The highest BCUT2D eigenvalue weighted by atomic mass is 32.1. The van der Waals surface area contributed by atoms with E-state index >= 15 is 0 Å². The fourth-order valence-electron chi connectivity index (χ4n) is 4.03. The molecule has 1 unspecified atom stereocenters. The largest absolute Gasteiger partial charge is 0.478 e. The summed E-state index contributed by atoms with van der Waals surface area (Å²) < 4.78 is 5.80. The Bertz CT molecular complexity index is 1010. The zero-order chi connectivity index (χ0) is 24.0. The van der Waals surface area contributed by atoms with Gasteiger partial charge in [0.05, 0.1) is 10.6 Å². The maximum absolute atomic E-state index is 12.6. The molecule has 3 N–H and O–H groups in total. The van der Waals surface area contributed by atoms with E-state index in [0.717, 1.165) is 54.2 Å². The number of carbonyl (C=O) groups is 3. The van der Waals surface area contributed by atoms with Crippen molar-refractivity contribution in [3.05, 3.63) is 52.9 Å². The third kappa shape index (κ3) is 6.66. The Morgan fingerprint density at radius 2 is 1.67 bits per heavy atom. The number of fused-ring (bicyclic) bond motifs is 3. The first kappa shape index (κ1) is 24.5. The topological polar surface area (TPSA) is 116 Å². The number of thiophene rings is 1. The van der Waals surface area contributed by atoms with Crippen molar-refractivity contribution in [1.82, 2.24) is 4.90 Å². The predicted octanol–water partition coefficient (Wildman–Crippen LogP) is 4.39. The van der Waals surface area contributed by atoms with E-state index in [9.17, 15) is 14.4 Å². The highest BCUT2D eigenvalue weighted by Crippen LogP contribution is 2.40. The number of benzene rings is 1. The number of carbonyl (C=O) groups excluding carboxylic acids is 1. The summed E-state index contributed by atoms with van der Waals surface area (Å²) in [4.78, 5) is 36.4. The lowest BCUT2D eigenvalue weighted by molar-refractivity contribution is -0.134. The molecule has 4 heterocycles. The summed E-state index contributed by atoms with van der Waals surface area (Å²) in [7, 11) is 0. The van der Waals surface area contributed by atoms with Gasteiger partial charge in [0, 0.05) is 23.6 Å². The monoisotopic (exact) mass is 472 g/mol. The summed E-state index contributed by atoms with van der Waals surface area (Å²) >= 11 is 1.72. The second-order valence-corrected chi connectivity index (χ2v) is 9.29. The minimum Gasteiger partial charge on any atom is -0.478 e. The van der Waals surface area contributed by atoms with Crippen LogP contribution in [0.1, 0.15) is 23.3 Å². The zero-order valence-corrected chi connectivity index (χ0v) is 19.4. The molecule has 3 fully saturated rings. The number of carboxylic acids is 2. The van der Waals surface area contributed by atoms with Crippen molar-refractivity contribution in [2.75, 3.05) is 25.0 Å². The minimum atomic E-state index is -1.26. The van der Waals surface area contributed by atoms with E-state index in [2.05, 4.69) is 36.2 Å². The summed E-state index contributed by atoms with van der Waals surface area (Å²) in [6.45, 7) is 7.32. The second-order valence-electron chi connectivity index (χ2n) is 8.07. The summed E-state index contributed by atoms with van der Waals surface area (Å²) in [5.74, 6) is -1.99. The fourth-order valence-corrected chi connectivity index (χ4v) is 5.15. The van der Waals surface area contributed by atoms with Gasteiger partial charge in [-0.25, -0.2) is 14.4 Å². The molecule has 0 spiro atoms. The molecule has 0 radical (unpaired) electrons. The molecule has 3 aliphatic rings. The van der Waals surface area contributed by atoms with Crippen LogP contribution in [-0.4, -0.2) is 58.9 Å². The van der Waals surface area contributed by atoms with Crippen molar-refractivity contribution < 1.29 is 29.3 Å². The Balaban J connectivity index is 0.000000331. The van der Waals surface area contributed by atoms with Gasteiger partial charge in [0.1, 0.15) is 6.10 Å². The molecular formula is C24H28N2O6S. The van der Waals surface area contributed by atoms with Crippen LogP contribution in [0, 0.1) is 19.8 Å². The van der Waals surface area contributed by atoms with Crippen molar-refractivity contribution in [3.63, 3.8) is 0 Å². The van der Waals surface area contributed by atoms with Crippen molar-refractivity contribution >= 4 is 35.1 Å². The first-order valence-electron chi connectivity index (χ1n) is 10.7. The van der Waals surface area contributed by atoms with Crippen LogP contribution < -0.4 is 5.32 Å². The minimum absolute atomic E-state index is 0.0303. The van der Waals surface area contributed by atoms with Crippen LogP contribution in [0.3, 0.4) is 0 Å². The normalized spacial score (nSPS) is 21.2. The number of anilines is 1. The van der Waals surface area contributed by atoms with Gasteiger partial charge < -0.3 is 14.9 Å². The molecule has 33 heavy (non-hydrogen) atoms. The van der Waals surface area contributed by atoms with Crippen LogP contribution in [-0.2, 0) is 14.3 Å². The van der Waals surface area contributed by atoms with Gasteiger partial charge in [-0.1, -0.05) is 30.3 Å². The molecule has 0 saturated carbocycles. The number of nitrogens with one attached hydrogen (secondary N) is 1. The highest BCUT2D eigenvalue weighted by molar-refractivity contribution is 7.16. The van der Waals surface area contributed by atoms with E-state index in [1.54, 1.807) is 11.3 Å². The number of hydrogen-bond donors (Lipinski definition) is 3. The van der Waals surface area contributed by atoms with Gasteiger partial charge in [-0.2, -0.15) is 0 Å². The molecule has 1 aromatic carbocycles. The lowest BCUT2D eigenvalue weighted by Gasteiger charge is -2.43. The number of aliphatic carboxylic acids is 2. The molecule has 1 atom stereocenters. The number of nitrogens with zero attached hydrogens (tertiary/aromatic N) is 1. The molecule has 8 nitrogen and oxygen atoms in total. The lowest BCUT2D eigenvalue weighted by Crippen LogP contribution is -2.52. The van der Waals surface area contributed by atoms with E-state index in [0.29, 0.717) is 18.1 Å². The van der Waals surface area contributed by atoms with Gasteiger partial charge in [0.2, 0.25) is 0 Å². The van der Waals surface area contributed by atoms with Crippen molar-refractivity contribution in [2.24, 2.45) is 5.92 Å². The van der Waals surface area contributed by atoms with Gasteiger partial charge in [0.15, 0.2) is 0 Å². The maximum Gasteiger partial charge on any atom is 0.412 e. The summed E-state index contributed by atoms with van der Waals surface area (Å²) in [6.07, 6.45) is 3.11. The van der Waals surface area contributed by atoms with E-state index in [4.69, 9.17) is 14.9 Å². The summed E-state index contributed by atoms with van der Waals surface area (Å²) in [5.41, 5.74) is 3.14. The first-order chi connectivity index (χ1) is 15.7. The van der Waals surface area contributed by atoms with Crippen molar-refractivity contribution in [1.29, 1.82) is 0 Å². The number of amides is 1. The third-order valence-corrected chi connectivity index (χ3v) is 7.13. The van der Waals surface area contributed by atoms with Crippen LogP contribution in [0.5, 0.6) is 0 Å². The molecule has 5 rings (SSSR count). The van der Waals surface area contributed by atoms with Gasteiger partial charge >= 0.3 is 18.0 Å². The molecule has 2 bridgehead atoms. The average molecular weight is 473 g/mol. The first-order valence-corrected chi connectivity index (χ1v) is 11.6. The van der Waals surface area contributed by atoms with Gasteiger partial charge in [-0.15, -0.1) is 11.3 Å². The van der Waals surface area contributed by atoms with Crippen molar-refractivity contribution in [2.45, 2.75) is 32.8 Å². The van der Waals surface area contributed by atoms with Crippen LogP contribution >= 0.6 is 11.3 Å². The number of hydrogen-bond acceptors (Lipinski definition) is 6. The van der Waals surface area contributed by atoms with E-state index in [1.807, 2.05) is 18.2 Å². The molecule has 1 aromatic heterocycles. The highest BCUT2D eigenvalue weighted by Gasteiger charge is 2.36. The molecular weight excluding hydrogens is 444 g/mol. The summed E-state index contributed by atoms with van der Waals surface area (Å²) in [6, 6.07) is 10.2. The number of carboxylic acid groups (broad SMARTS) is 2. The average Bonchev–Trinajstić information content (AvgIpc) is 3.08. The molecule has 0 aliphatic carbocycles. The van der Waals surface area contributed by atoms with Crippen LogP contribution in [0.25, 0.3) is 10.4 Å². The molecule has 176 valence electrons. The Hall–Kier alpha value is -3.17. The molecule has 3 aliphatic heterocycles. The van der Waals surface area contributed by atoms with E-state index in [-0.39, 0.29) is 12.2 Å². The molecule has 2 aromatic rings. The smallest absolute Gasteiger partial charge is 0.412 e. The predicted molar refractivity (Wildman–Crippen MR) is 127 cm³/mol. The Morgan fingerprint density at radius 1 is 1.06 bits per heavy atom. The van der Waals surface area contributed by atoms with E-state index in [1.165, 1.54) is 4.88 Å². The number of aryl methyl sites for hydroxylation is 1. The Kier molecular flexibility index (Phi) is 8.24. The second kappa shape index (κ2) is 11.1. The van der Waals surface area contributed by atoms with Crippen LogP contribution in [0.15, 0.2) is 42.5 Å². The van der Waals surface area contributed by atoms with Crippen LogP contribution in [0.2, 0.25) is 0 Å². The number of piperidine rings is 3. The zero-order valence-electron chi connectivity index (χ0n) is 18.6. The Morgan fingerprint density at radius 3 is 2.18 bits per heavy atom. The lowest BCUT2D eigenvalue weighted by atomic mass is 9.86. The summed E-state index contributed by atoms with van der Waals surface area (Å²) in [5, 5.41) is 18.7. The Labute approximate surface area is 196 Å². The standard InChI is InChI=1S/C20H24N2O2S.C4H4O4/c1-13-14(2)25-19(16-6-4-3-5-7-16)18(13)21-20(23)24-17-12-22-10-8-15(17)9-11-22;5-3(6)1-2-4(7)8/h3-7,15,17H,8-12H2,1-2H3,(H,21,23);1-2H,(H,5,6)(H,7,8)/b;2-1+. The third-order valence-electron chi connectivity index (χ3n) is 5.87. The quantitative estimate of drug-likeness (QED) is 0.553. The van der Waals surface area contributed by atoms with Gasteiger partial charge in [-0.3, -0.25) is 10.2 Å². The van der Waals surface area contributed by atoms with Crippen LogP contribution in [0.4, 0.5) is 10.5 Å². The SMILES string of the molecule is Cc1sc(-c2ccccc2)c(NC(=O)OC2CN3CCC2CC3)c1C.O=C(O)/C=C/C(=O)O. The van der Waals surface area contributed by atoms with Crippen molar-refractivity contribution in [3.8, 4) is 10.4 Å². The van der Waals surface area contributed by atoms with E-state index < -0.39 is 11.9 Å². The number of ether oxygens (including phenoxy) is 1. The fraction of sp³-hybridized carbons (Fsp3) is 0.375. The molecule has 3 saturated heterocycles. The molecule has 9 heteroatoms.